The lowest BCUT2D eigenvalue weighted by Crippen LogP contribution is -1.86. The second-order valence-corrected chi connectivity index (χ2v) is 3.25. The lowest BCUT2D eigenvalue weighted by molar-refractivity contribution is 0.467. The molecule has 0 saturated heterocycles. The molecule has 1 nitrogen and oxygen atoms in total. The lowest BCUT2D eigenvalue weighted by Gasteiger charge is -2.04. The first-order chi connectivity index (χ1) is 5.75. The summed E-state index contributed by atoms with van der Waals surface area (Å²) in [5.41, 5.74) is 0.876. The smallest absolute Gasteiger partial charge is 0.120 e. The van der Waals surface area contributed by atoms with Gasteiger partial charge < -0.3 is 5.11 Å². The fraction of sp³-hybridized carbons (Fsp3) is 0.400. The summed E-state index contributed by atoms with van der Waals surface area (Å²) < 4.78 is 0. The summed E-state index contributed by atoms with van der Waals surface area (Å²) in [5, 5.41) is 10.1. The van der Waals surface area contributed by atoms with E-state index in [-0.39, 0.29) is 0 Å². The van der Waals surface area contributed by atoms with Crippen molar-refractivity contribution in [3.05, 3.63) is 28.8 Å². The van der Waals surface area contributed by atoms with Crippen LogP contribution in [0.4, 0.5) is 0 Å². The van der Waals surface area contributed by atoms with Crippen LogP contribution in [0.15, 0.2) is 18.2 Å². The second-order valence-electron chi connectivity index (χ2n) is 2.84. The molecule has 66 valence electrons. The van der Waals surface area contributed by atoms with E-state index in [2.05, 4.69) is 6.92 Å². The maximum absolute atomic E-state index is 9.43. The summed E-state index contributed by atoms with van der Waals surface area (Å²) in [4.78, 5) is 0. The largest absolute Gasteiger partial charge is 0.508 e. The van der Waals surface area contributed by atoms with Crippen LogP contribution in [-0.2, 0) is 6.42 Å². The first-order valence-corrected chi connectivity index (χ1v) is 4.60. The Morgan fingerprint density at radius 2 is 2.17 bits per heavy atom. The van der Waals surface area contributed by atoms with Crippen molar-refractivity contribution in [2.75, 3.05) is 0 Å². The molecule has 1 aromatic rings. The molecule has 0 fully saturated rings. The van der Waals surface area contributed by atoms with Crippen molar-refractivity contribution in [2.24, 2.45) is 0 Å². The van der Waals surface area contributed by atoms with Crippen molar-refractivity contribution in [2.45, 2.75) is 26.2 Å². The predicted octanol–water partition coefficient (Wildman–Crippen LogP) is 3.39. The van der Waals surface area contributed by atoms with E-state index in [1.54, 1.807) is 12.1 Å². The monoisotopic (exact) mass is 184 g/mol. The maximum atomic E-state index is 9.43. The van der Waals surface area contributed by atoms with Crippen LogP contribution in [0, 0.1) is 0 Å². The van der Waals surface area contributed by atoms with E-state index in [0.29, 0.717) is 10.8 Å². The van der Waals surface area contributed by atoms with Gasteiger partial charge in [-0.15, -0.1) is 0 Å². The van der Waals surface area contributed by atoms with Gasteiger partial charge in [0.15, 0.2) is 0 Å². The minimum atomic E-state index is 0.316. The third-order valence-electron chi connectivity index (χ3n) is 1.87. The highest BCUT2D eigenvalue weighted by molar-refractivity contribution is 6.31. The molecule has 0 atom stereocenters. The highest BCUT2D eigenvalue weighted by Crippen LogP contribution is 2.26. The van der Waals surface area contributed by atoms with Crippen LogP contribution in [-0.4, -0.2) is 5.11 Å². The van der Waals surface area contributed by atoms with Gasteiger partial charge in [0, 0.05) is 10.6 Å². The minimum absolute atomic E-state index is 0.316. The van der Waals surface area contributed by atoms with Crippen LogP contribution in [0.1, 0.15) is 25.3 Å². The molecule has 0 heterocycles. The van der Waals surface area contributed by atoms with Gasteiger partial charge in [-0.3, -0.25) is 0 Å². The first kappa shape index (κ1) is 9.40. The molecule has 0 spiro atoms. The van der Waals surface area contributed by atoms with E-state index in [0.717, 1.165) is 24.8 Å². The summed E-state index contributed by atoms with van der Waals surface area (Å²) in [5.74, 6) is 0.316. The van der Waals surface area contributed by atoms with Crippen LogP contribution in [0.2, 0.25) is 5.02 Å². The van der Waals surface area contributed by atoms with Gasteiger partial charge in [-0.2, -0.15) is 0 Å². The normalized spacial score (nSPS) is 10.2. The zero-order valence-corrected chi connectivity index (χ0v) is 7.93. The molecular weight excluding hydrogens is 172 g/mol. The van der Waals surface area contributed by atoms with Crippen molar-refractivity contribution in [1.29, 1.82) is 0 Å². The zero-order chi connectivity index (χ0) is 8.97. The van der Waals surface area contributed by atoms with Crippen molar-refractivity contribution < 1.29 is 5.11 Å². The molecule has 1 aromatic carbocycles. The summed E-state index contributed by atoms with van der Waals surface area (Å²) >= 11 is 5.91. The Hall–Kier alpha value is -0.690. The summed E-state index contributed by atoms with van der Waals surface area (Å²) in [6.45, 7) is 2.12. The van der Waals surface area contributed by atoms with Gasteiger partial charge in [0.2, 0.25) is 0 Å². The molecule has 12 heavy (non-hydrogen) atoms. The van der Waals surface area contributed by atoms with Crippen LogP contribution in [0.3, 0.4) is 0 Å². The lowest BCUT2D eigenvalue weighted by atomic mass is 10.1. The first-order valence-electron chi connectivity index (χ1n) is 4.22. The topological polar surface area (TPSA) is 20.2 Å². The summed E-state index contributed by atoms with van der Waals surface area (Å²) in [6.07, 6.45) is 3.05. The fourth-order valence-corrected chi connectivity index (χ4v) is 1.41. The Balaban J connectivity index is 2.81. The molecule has 0 saturated carbocycles. The third kappa shape index (κ3) is 2.15. The molecule has 0 aliphatic rings. The molecule has 1 rings (SSSR count). The van der Waals surface area contributed by atoms with Gasteiger partial charge in [0.1, 0.15) is 5.75 Å². The van der Waals surface area contributed by atoms with Crippen LogP contribution in [0.5, 0.6) is 5.75 Å². The number of unbranched alkanes of at least 4 members (excludes halogenated alkanes) is 1. The van der Waals surface area contributed by atoms with Crippen molar-refractivity contribution in [3.8, 4) is 5.75 Å². The van der Waals surface area contributed by atoms with Crippen LogP contribution in [0.25, 0.3) is 0 Å². The van der Waals surface area contributed by atoms with Crippen molar-refractivity contribution in [1.82, 2.24) is 0 Å². The highest BCUT2D eigenvalue weighted by atomic mass is 35.5. The van der Waals surface area contributed by atoms with E-state index in [9.17, 15) is 5.11 Å². The van der Waals surface area contributed by atoms with E-state index in [1.807, 2.05) is 6.07 Å². The number of aromatic hydroxyl groups is 1. The molecule has 0 aliphatic carbocycles. The number of rotatable bonds is 3. The van der Waals surface area contributed by atoms with Crippen molar-refractivity contribution in [3.63, 3.8) is 0 Å². The summed E-state index contributed by atoms with van der Waals surface area (Å²) in [6, 6.07) is 5.25. The molecule has 1 N–H and O–H groups in total. The molecule has 0 bridgehead atoms. The maximum Gasteiger partial charge on any atom is 0.120 e. The number of phenolic OH excluding ortho intramolecular Hbond substituents is 1. The highest BCUT2D eigenvalue weighted by Gasteiger charge is 2.03. The van der Waals surface area contributed by atoms with E-state index >= 15 is 0 Å². The Morgan fingerprint density at radius 1 is 1.42 bits per heavy atom. The minimum Gasteiger partial charge on any atom is -0.508 e. The number of phenols is 1. The van der Waals surface area contributed by atoms with Gasteiger partial charge in [-0.05, 0) is 25.0 Å². The standard InChI is InChI=1S/C10H13ClO/c1-2-3-5-8-9(11)6-4-7-10(8)12/h4,6-7,12H,2-3,5H2,1H3. The Kier molecular flexibility index (Phi) is 3.42. The SMILES string of the molecule is CCCCc1c(O)cccc1Cl. The third-order valence-corrected chi connectivity index (χ3v) is 2.23. The average molecular weight is 185 g/mol. The molecule has 2 heteroatoms. The number of benzene rings is 1. The van der Waals surface area contributed by atoms with E-state index in [4.69, 9.17) is 11.6 Å². The van der Waals surface area contributed by atoms with E-state index in [1.165, 1.54) is 0 Å². The average Bonchev–Trinajstić information content (AvgIpc) is 2.04. The van der Waals surface area contributed by atoms with E-state index < -0.39 is 0 Å². The van der Waals surface area contributed by atoms with Gasteiger partial charge in [-0.25, -0.2) is 0 Å². The Bertz CT molecular complexity index is 238. The number of halogens is 1. The number of hydrogen-bond acceptors (Lipinski definition) is 1. The molecule has 0 amide bonds. The fourth-order valence-electron chi connectivity index (χ4n) is 1.15. The predicted molar refractivity (Wildman–Crippen MR) is 51.7 cm³/mol. The van der Waals surface area contributed by atoms with Gasteiger partial charge in [0.05, 0.1) is 0 Å². The molecule has 0 radical (unpaired) electrons. The molecule has 0 aromatic heterocycles. The molecular formula is C10H13ClO. The summed E-state index contributed by atoms with van der Waals surface area (Å²) in [7, 11) is 0. The Labute approximate surface area is 78.0 Å². The Morgan fingerprint density at radius 3 is 2.75 bits per heavy atom. The van der Waals surface area contributed by atoms with Gasteiger partial charge >= 0.3 is 0 Å². The second kappa shape index (κ2) is 4.36. The van der Waals surface area contributed by atoms with Crippen LogP contribution < -0.4 is 0 Å². The quantitative estimate of drug-likeness (QED) is 0.764. The van der Waals surface area contributed by atoms with Crippen molar-refractivity contribution >= 4 is 11.6 Å². The number of hydrogen-bond donors (Lipinski definition) is 1. The van der Waals surface area contributed by atoms with Crippen LogP contribution >= 0.6 is 11.6 Å². The van der Waals surface area contributed by atoms with Gasteiger partial charge in [0.25, 0.3) is 0 Å². The van der Waals surface area contributed by atoms with Gasteiger partial charge in [-0.1, -0.05) is 31.0 Å². The zero-order valence-electron chi connectivity index (χ0n) is 7.18. The molecule has 0 aliphatic heterocycles. The molecule has 0 unspecified atom stereocenters.